The molecule has 3 aromatic rings. The van der Waals surface area contributed by atoms with Crippen LogP contribution in [-0.4, -0.2) is 0 Å². The third kappa shape index (κ3) is 2.48. The molecule has 0 fully saturated rings. The Balaban J connectivity index is 2.64. The van der Waals surface area contributed by atoms with Crippen LogP contribution in [0.15, 0.2) is 46.4 Å². The zero-order valence-corrected chi connectivity index (χ0v) is 17.5. The van der Waals surface area contributed by atoms with Crippen LogP contribution in [0.5, 0.6) is 0 Å². The summed E-state index contributed by atoms with van der Waals surface area (Å²) in [6.07, 6.45) is 0. The van der Waals surface area contributed by atoms with Gasteiger partial charge in [-0.15, -0.1) is 88.4 Å². The number of fused-ring (bicyclic) bond motifs is 2. The summed E-state index contributed by atoms with van der Waals surface area (Å²) < 4.78 is 0. The van der Waals surface area contributed by atoms with Gasteiger partial charge in [-0.25, -0.2) is 0 Å². The molecule has 0 atom stereocenters. The molecule has 7 heteroatoms. The first-order valence-corrected chi connectivity index (χ1v) is 9.35. The van der Waals surface area contributed by atoms with Crippen molar-refractivity contribution in [1.82, 2.24) is 0 Å². The van der Waals surface area contributed by atoms with Crippen LogP contribution >= 0.6 is 88.4 Å². The van der Waals surface area contributed by atoms with Crippen LogP contribution in [0.2, 0.25) is 0 Å². The number of benzene rings is 3. The number of hydrogen-bond donors (Lipinski definition) is 7. The third-order valence-corrected chi connectivity index (χ3v) is 7.98. The summed E-state index contributed by atoms with van der Waals surface area (Å²) in [6.45, 7) is 2.03. The fourth-order valence-electron chi connectivity index (χ4n) is 2.52. The highest BCUT2D eigenvalue weighted by atomic mass is 32.1. The van der Waals surface area contributed by atoms with Crippen molar-refractivity contribution in [2.24, 2.45) is 0 Å². The molecule has 3 rings (SSSR count). The molecule has 0 bridgehead atoms. The average Bonchev–Trinajstić information content (AvgIpc) is 2.52. The first-order chi connectivity index (χ1) is 10.3. The van der Waals surface area contributed by atoms with Gasteiger partial charge in [-0.2, -0.15) is 0 Å². The molecule has 0 aliphatic carbocycles. The molecular weight excluding hydrogens is 405 g/mol. The van der Waals surface area contributed by atoms with Gasteiger partial charge in [-0.05, 0) is 46.2 Å². The van der Waals surface area contributed by atoms with E-state index in [-0.39, 0.29) is 0 Å². The van der Waals surface area contributed by atoms with Gasteiger partial charge in [-0.3, -0.25) is 0 Å². The number of hydrogen-bond acceptors (Lipinski definition) is 7. The normalized spacial score (nSPS) is 11.6. The maximum Gasteiger partial charge on any atom is 0.0326 e. The molecule has 0 aliphatic rings. The molecule has 0 radical (unpaired) electrons. The summed E-state index contributed by atoms with van der Waals surface area (Å²) in [5.74, 6) is 0. The quantitative estimate of drug-likeness (QED) is 0.162. The topological polar surface area (TPSA) is 0 Å². The fourth-order valence-corrected chi connectivity index (χ4v) is 4.66. The Labute approximate surface area is 167 Å². The van der Waals surface area contributed by atoms with Crippen LogP contribution in [0.4, 0.5) is 0 Å². The van der Waals surface area contributed by atoms with Gasteiger partial charge in [0, 0.05) is 34.3 Å². The monoisotopic (exact) mass is 416 g/mol. The van der Waals surface area contributed by atoms with Crippen molar-refractivity contribution in [2.75, 3.05) is 0 Å². The predicted octanol–water partition coefficient (Wildman–Crippen LogP) is 6.32. The van der Waals surface area contributed by atoms with Crippen LogP contribution in [-0.2, 0) is 0 Å². The van der Waals surface area contributed by atoms with E-state index in [1.54, 1.807) is 0 Å². The van der Waals surface area contributed by atoms with Crippen molar-refractivity contribution in [3.8, 4) is 0 Å². The SMILES string of the molecule is Cc1c(S)c(S)c(S)c2cc3c(S)c(S)c(S)c(S)c3cc12. The Bertz CT molecular complexity index is 807. The van der Waals surface area contributed by atoms with Gasteiger partial charge in [0.1, 0.15) is 0 Å². The van der Waals surface area contributed by atoms with Crippen molar-refractivity contribution in [1.29, 1.82) is 0 Å². The molecule has 0 nitrogen and oxygen atoms in total. The van der Waals surface area contributed by atoms with Crippen molar-refractivity contribution >= 4 is 110 Å². The molecule has 114 valence electrons. The van der Waals surface area contributed by atoms with Crippen molar-refractivity contribution < 1.29 is 0 Å². The highest BCUT2D eigenvalue weighted by Crippen LogP contribution is 2.44. The minimum atomic E-state index is 0.720. The molecule has 3 aromatic carbocycles. The minimum absolute atomic E-state index is 0.720. The molecule has 0 amide bonds. The maximum atomic E-state index is 4.61. The Morgan fingerprint density at radius 2 is 0.773 bits per heavy atom. The second-order valence-electron chi connectivity index (χ2n) is 5.01. The molecule has 0 spiro atoms. The number of thiol groups is 7. The standard InChI is InChI=1S/C15H12S7/c1-4-5-2-7-8(12(19)15(22)14(21)11(7)18)3-6(5)10(17)13(20)9(4)16/h2-3,16-22H,1H3. The zero-order valence-electron chi connectivity index (χ0n) is 11.3. The third-order valence-electron chi connectivity index (χ3n) is 3.80. The van der Waals surface area contributed by atoms with Crippen molar-refractivity contribution in [2.45, 2.75) is 41.2 Å². The first-order valence-electron chi connectivity index (χ1n) is 6.22. The van der Waals surface area contributed by atoms with Crippen LogP contribution < -0.4 is 0 Å². The van der Waals surface area contributed by atoms with Gasteiger partial charge < -0.3 is 0 Å². The lowest BCUT2D eigenvalue weighted by Gasteiger charge is -2.16. The largest absolute Gasteiger partial charge is 0.142 e. The van der Waals surface area contributed by atoms with E-state index < -0.39 is 0 Å². The van der Waals surface area contributed by atoms with Gasteiger partial charge >= 0.3 is 0 Å². The second kappa shape index (κ2) is 6.17. The van der Waals surface area contributed by atoms with Gasteiger partial charge in [0.05, 0.1) is 0 Å². The Hall–Kier alpha value is 0.630. The summed E-state index contributed by atoms with van der Waals surface area (Å²) >= 11 is 31.8. The molecule has 22 heavy (non-hydrogen) atoms. The van der Waals surface area contributed by atoms with Gasteiger partial charge in [0.25, 0.3) is 0 Å². The van der Waals surface area contributed by atoms with E-state index >= 15 is 0 Å². The lowest BCUT2D eigenvalue weighted by molar-refractivity contribution is 1.09. The second-order valence-corrected chi connectivity index (χ2v) is 8.14. The van der Waals surface area contributed by atoms with Crippen LogP contribution in [0.1, 0.15) is 5.56 Å². The summed E-state index contributed by atoms with van der Waals surface area (Å²) in [5, 5.41) is 4.04. The molecule has 0 aromatic heterocycles. The van der Waals surface area contributed by atoms with Crippen LogP contribution in [0.3, 0.4) is 0 Å². The van der Waals surface area contributed by atoms with E-state index in [0.29, 0.717) is 0 Å². The predicted molar refractivity (Wildman–Crippen MR) is 117 cm³/mol. The average molecular weight is 417 g/mol. The van der Waals surface area contributed by atoms with E-state index in [1.807, 2.05) is 6.92 Å². The van der Waals surface area contributed by atoms with E-state index in [4.69, 9.17) is 0 Å². The van der Waals surface area contributed by atoms with Crippen LogP contribution in [0.25, 0.3) is 21.5 Å². The van der Waals surface area contributed by atoms with E-state index in [0.717, 1.165) is 61.4 Å². The highest BCUT2D eigenvalue weighted by molar-refractivity contribution is 7.86. The molecular formula is C15H12S7. The molecule has 0 N–H and O–H groups in total. The summed E-state index contributed by atoms with van der Waals surface area (Å²) in [7, 11) is 0. The smallest absolute Gasteiger partial charge is 0.0326 e. The summed E-state index contributed by atoms with van der Waals surface area (Å²) in [6, 6.07) is 4.14. The van der Waals surface area contributed by atoms with Gasteiger partial charge in [0.2, 0.25) is 0 Å². The molecule has 0 saturated heterocycles. The summed E-state index contributed by atoms with van der Waals surface area (Å²) in [4.78, 5) is 5.44. The Kier molecular flexibility index (Phi) is 4.89. The fraction of sp³-hybridized carbons (Fsp3) is 0.0667. The Morgan fingerprint density at radius 1 is 0.455 bits per heavy atom. The van der Waals surface area contributed by atoms with E-state index in [9.17, 15) is 0 Å². The molecule has 0 saturated carbocycles. The van der Waals surface area contributed by atoms with Crippen LogP contribution in [0, 0.1) is 6.92 Å². The zero-order chi connectivity index (χ0) is 16.3. The van der Waals surface area contributed by atoms with Gasteiger partial charge in [0.15, 0.2) is 0 Å². The van der Waals surface area contributed by atoms with E-state index in [2.05, 4.69) is 101 Å². The maximum absolute atomic E-state index is 4.61. The summed E-state index contributed by atoms with van der Waals surface area (Å²) in [5.41, 5.74) is 1.06. The van der Waals surface area contributed by atoms with Crippen molar-refractivity contribution in [3.05, 3.63) is 17.7 Å². The van der Waals surface area contributed by atoms with E-state index in [1.165, 1.54) is 0 Å². The number of rotatable bonds is 0. The lowest BCUT2D eigenvalue weighted by Crippen LogP contribution is -1.90. The minimum Gasteiger partial charge on any atom is -0.142 e. The Morgan fingerprint density at radius 3 is 1.23 bits per heavy atom. The molecule has 0 aliphatic heterocycles. The van der Waals surface area contributed by atoms with Gasteiger partial charge in [-0.1, -0.05) is 0 Å². The number of aryl methyl sites for hydroxylation is 1. The first kappa shape index (κ1) is 17.5. The molecule has 0 heterocycles. The lowest BCUT2D eigenvalue weighted by atomic mass is 10.00. The van der Waals surface area contributed by atoms with Crippen molar-refractivity contribution in [3.63, 3.8) is 0 Å². The highest BCUT2D eigenvalue weighted by Gasteiger charge is 2.16. The molecule has 0 unspecified atom stereocenters.